The molecule has 3 fully saturated rings. The van der Waals surface area contributed by atoms with Gasteiger partial charge >= 0.3 is 5.97 Å². The molecule has 4 nitrogen and oxygen atoms in total. The van der Waals surface area contributed by atoms with Crippen molar-refractivity contribution in [3.05, 3.63) is 17.5 Å². The van der Waals surface area contributed by atoms with Gasteiger partial charge in [0.1, 0.15) is 6.10 Å². The van der Waals surface area contributed by atoms with E-state index in [0.717, 1.165) is 23.7 Å². The predicted octanol–water partition coefficient (Wildman–Crippen LogP) is 3.50. The van der Waals surface area contributed by atoms with Crippen LogP contribution in [0.3, 0.4) is 0 Å². The third-order valence-corrected chi connectivity index (χ3v) is 6.20. The topological polar surface area (TPSA) is 44.1 Å². The van der Waals surface area contributed by atoms with E-state index in [0.29, 0.717) is 30.2 Å². The van der Waals surface area contributed by atoms with Crippen molar-refractivity contribution in [2.75, 3.05) is 0 Å². The summed E-state index contributed by atoms with van der Waals surface area (Å²) < 4.78 is 7.68. The van der Waals surface area contributed by atoms with E-state index in [2.05, 4.69) is 25.9 Å². The highest BCUT2D eigenvalue weighted by Crippen LogP contribution is 2.61. The third kappa shape index (κ3) is 2.57. The van der Waals surface area contributed by atoms with Crippen molar-refractivity contribution in [2.24, 2.45) is 23.2 Å². The summed E-state index contributed by atoms with van der Waals surface area (Å²) in [5.74, 6) is 1.84. The number of ether oxygens (including phenoxy) is 1. The fraction of sp³-hybridized carbons (Fsp3) is 0.778. The minimum absolute atomic E-state index is 0.0801. The Morgan fingerprint density at radius 3 is 2.68 bits per heavy atom. The molecule has 4 unspecified atom stereocenters. The van der Waals surface area contributed by atoms with E-state index in [1.807, 2.05) is 24.6 Å². The highest BCUT2D eigenvalue weighted by atomic mass is 16.5. The molecule has 2 bridgehead atoms. The van der Waals surface area contributed by atoms with Crippen LogP contribution in [0.4, 0.5) is 0 Å². The minimum Gasteiger partial charge on any atom is -0.462 e. The molecule has 0 N–H and O–H groups in total. The zero-order valence-corrected chi connectivity index (χ0v) is 14.4. The second kappa shape index (κ2) is 5.39. The number of esters is 1. The Morgan fingerprint density at radius 2 is 2.14 bits per heavy atom. The lowest BCUT2D eigenvalue weighted by atomic mass is 9.45. The van der Waals surface area contributed by atoms with Crippen LogP contribution in [0.1, 0.15) is 51.4 Å². The molecule has 122 valence electrons. The maximum absolute atomic E-state index is 12.2. The standard InChI is InChI=1S/C18H28N2O2/c1-11-8-12(2)20(19-11)7-6-17(21)22-16-10-14-9-15(13(16)3)18(14,4)5/h8,13-16H,6-7,9-10H2,1-5H3. The summed E-state index contributed by atoms with van der Waals surface area (Å²) >= 11 is 0. The molecule has 0 amide bonds. The molecule has 0 saturated heterocycles. The second-order valence-electron chi connectivity index (χ2n) is 7.88. The fourth-order valence-electron chi connectivity index (χ4n) is 4.58. The first-order valence-corrected chi connectivity index (χ1v) is 8.49. The summed E-state index contributed by atoms with van der Waals surface area (Å²) in [7, 11) is 0. The average Bonchev–Trinajstić information content (AvgIpc) is 2.76. The van der Waals surface area contributed by atoms with Crippen LogP contribution in [-0.2, 0) is 16.1 Å². The Kier molecular flexibility index (Phi) is 3.82. The molecule has 0 aromatic carbocycles. The molecule has 4 rings (SSSR count). The van der Waals surface area contributed by atoms with Gasteiger partial charge in [-0.2, -0.15) is 5.10 Å². The van der Waals surface area contributed by atoms with Gasteiger partial charge in [0.25, 0.3) is 0 Å². The first-order valence-electron chi connectivity index (χ1n) is 8.49. The van der Waals surface area contributed by atoms with Crippen LogP contribution in [0, 0.1) is 37.0 Å². The molecule has 3 aliphatic rings. The van der Waals surface area contributed by atoms with Crippen LogP contribution in [0.25, 0.3) is 0 Å². The van der Waals surface area contributed by atoms with Gasteiger partial charge < -0.3 is 4.74 Å². The number of nitrogens with zero attached hydrogens (tertiary/aromatic N) is 2. The van der Waals surface area contributed by atoms with Gasteiger partial charge in [-0.15, -0.1) is 0 Å². The molecule has 1 aromatic heterocycles. The van der Waals surface area contributed by atoms with Crippen molar-refractivity contribution < 1.29 is 9.53 Å². The van der Waals surface area contributed by atoms with Gasteiger partial charge in [-0.1, -0.05) is 20.8 Å². The van der Waals surface area contributed by atoms with Gasteiger partial charge in [-0.05, 0) is 55.9 Å². The lowest BCUT2D eigenvalue weighted by Gasteiger charge is -2.61. The van der Waals surface area contributed by atoms with Gasteiger partial charge in [-0.25, -0.2) is 0 Å². The van der Waals surface area contributed by atoms with Crippen molar-refractivity contribution in [1.29, 1.82) is 0 Å². The summed E-state index contributed by atoms with van der Waals surface area (Å²) in [5.41, 5.74) is 2.53. The maximum atomic E-state index is 12.2. The van der Waals surface area contributed by atoms with E-state index in [1.165, 1.54) is 6.42 Å². The summed E-state index contributed by atoms with van der Waals surface area (Å²) in [6.45, 7) is 11.6. The van der Waals surface area contributed by atoms with Gasteiger partial charge in [0.15, 0.2) is 0 Å². The Balaban J connectivity index is 1.52. The third-order valence-electron chi connectivity index (χ3n) is 6.20. The molecule has 3 aliphatic carbocycles. The molecule has 0 radical (unpaired) electrons. The maximum Gasteiger partial charge on any atom is 0.307 e. The van der Waals surface area contributed by atoms with Gasteiger partial charge in [0, 0.05) is 5.69 Å². The summed E-state index contributed by atoms with van der Waals surface area (Å²) in [5, 5.41) is 4.39. The SMILES string of the molecule is Cc1cc(C)n(CCC(=O)OC2CC3CC(C2C)C3(C)C)n1. The summed E-state index contributed by atoms with van der Waals surface area (Å²) in [4.78, 5) is 12.2. The van der Waals surface area contributed by atoms with Crippen molar-refractivity contribution in [3.8, 4) is 0 Å². The molecular weight excluding hydrogens is 276 g/mol. The van der Waals surface area contributed by atoms with E-state index in [-0.39, 0.29) is 12.1 Å². The number of fused-ring (bicyclic) bond motifs is 2. The molecular formula is C18H28N2O2. The van der Waals surface area contributed by atoms with Gasteiger partial charge in [0.05, 0.1) is 18.7 Å². The highest BCUT2D eigenvalue weighted by molar-refractivity contribution is 5.69. The normalized spacial score (nSPS) is 32.4. The largest absolute Gasteiger partial charge is 0.462 e. The number of carbonyl (C=O) groups is 1. The summed E-state index contributed by atoms with van der Waals surface area (Å²) in [6.07, 6.45) is 2.87. The fourth-order valence-corrected chi connectivity index (χ4v) is 4.58. The molecule has 0 spiro atoms. The van der Waals surface area contributed by atoms with Crippen molar-refractivity contribution in [2.45, 2.75) is 66.5 Å². The van der Waals surface area contributed by atoms with Crippen LogP contribution in [0.5, 0.6) is 0 Å². The van der Waals surface area contributed by atoms with Crippen molar-refractivity contribution in [3.63, 3.8) is 0 Å². The quantitative estimate of drug-likeness (QED) is 0.800. The second-order valence-corrected chi connectivity index (χ2v) is 7.88. The van der Waals surface area contributed by atoms with E-state index in [4.69, 9.17) is 4.74 Å². The number of rotatable bonds is 4. The van der Waals surface area contributed by atoms with Crippen LogP contribution >= 0.6 is 0 Å². The van der Waals surface area contributed by atoms with Crippen molar-refractivity contribution in [1.82, 2.24) is 9.78 Å². The smallest absolute Gasteiger partial charge is 0.307 e. The lowest BCUT2D eigenvalue weighted by Crippen LogP contribution is -2.57. The van der Waals surface area contributed by atoms with E-state index in [1.54, 1.807) is 0 Å². The first kappa shape index (κ1) is 15.6. The Hall–Kier alpha value is -1.32. The molecule has 4 atom stereocenters. The Labute approximate surface area is 133 Å². The Bertz CT molecular complexity index is 576. The molecule has 22 heavy (non-hydrogen) atoms. The average molecular weight is 304 g/mol. The predicted molar refractivity (Wildman–Crippen MR) is 85.4 cm³/mol. The number of hydrogen-bond acceptors (Lipinski definition) is 3. The number of hydrogen-bond donors (Lipinski definition) is 0. The highest BCUT2D eigenvalue weighted by Gasteiger charge is 2.57. The monoisotopic (exact) mass is 304 g/mol. The van der Waals surface area contributed by atoms with Crippen molar-refractivity contribution >= 4 is 5.97 Å². The number of aromatic nitrogens is 2. The molecule has 0 aliphatic heterocycles. The molecule has 3 saturated carbocycles. The molecule has 1 heterocycles. The number of carbonyl (C=O) groups excluding carboxylic acids is 1. The van der Waals surface area contributed by atoms with E-state index in [9.17, 15) is 4.79 Å². The molecule has 1 aromatic rings. The first-order chi connectivity index (χ1) is 10.3. The minimum atomic E-state index is -0.0801. The van der Waals surface area contributed by atoms with Crippen LogP contribution in [0.15, 0.2) is 6.07 Å². The van der Waals surface area contributed by atoms with E-state index >= 15 is 0 Å². The van der Waals surface area contributed by atoms with Crippen LogP contribution in [0.2, 0.25) is 0 Å². The number of aryl methyl sites for hydroxylation is 3. The lowest BCUT2D eigenvalue weighted by molar-refractivity contribution is -0.186. The van der Waals surface area contributed by atoms with Gasteiger partial charge in [-0.3, -0.25) is 9.48 Å². The summed E-state index contributed by atoms with van der Waals surface area (Å²) in [6, 6.07) is 2.03. The Morgan fingerprint density at radius 1 is 1.41 bits per heavy atom. The zero-order chi connectivity index (χ0) is 16.1. The van der Waals surface area contributed by atoms with Gasteiger partial charge in [0.2, 0.25) is 0 Å². The van der Waals surface area contributed by atoms with E-state index < -0.39 is 0 Å². The zero-order valence-electron chi connectivity index (χ0n) is 14.4. The van der Waals surface area contributed by atoms with Crippen LogP contribution < -0.4 is 0 Å². The molecule has 4 heteroatoms. The van der Waals surface area contributed by atoms with Crippen LogP contribution in [-0.4, -0.2) is 21.9 Å².